The van der Waals surface area contributed by atoms with Gasteiger partial charge in [0.25, 0.3) is 5.91 Å². The standard InChI is InChI=1S/C15H22N2O2/c1-19-14-9-11(8-12(16)10-14)15(18)17-13-6-4-2-3-5-7-13/h8-10,13H,2-7,16H2,1H3,(H,17,18). The number of amides is 1. The van der Waals surface area contributed by atoms with Gasteiger partial charge in [-0.25, -0.2) is 0 Å². The highest BCUT2D eigenvalue weighted by atomic mass is 16.5. The molecule has 0 bridgehead atoms. The molecule has 4 nitrogen and oxygen atoms in total. The van der Waals surface area contributed by atoms with E-state index < -0.39 is 0 Å². The summed E-state index contributed by atoms with van der Waals surface area (Å²) in [7, 11) is 1.57. The van der Waals surface area contributed by atoms with Crippen LogP contribution in [0.15, 0.2) is 18.2 Å². The molecular weight excluding hydrogens is 240 g/mol. The SMILES string of the molecule is COc1cc(N)cc(C(=O)NC2CCCCCC2)c1. The lowest BCUT2D eigenvalue weighted by Gasteiger charge is -2.16. The average Bonchev–Trinajstić information content (AvgIpc) is 2.66. The van der Waals surface area contributed by atoms with E-state index in [-0.39, 0.29) is 5.91 Å². The third-order valence-electron chi connectivity index (χ3n) is 3.62. The van der Waals surface area contributed by atoms with E-state index in [1.807, 2.05) is 0 Å². The van der Waals surface area contributed by atoms with Crippen molar-refractivity contribution in [3.63, 3.8) is 0 Å². The zero-order valence-corrected chi connectivity index (χ0v) is 11.4. The van der Waals surface area contributed by atoms with E-state index in [1.165, 1.54) is 25.7 Å². The Morgan fingerprint density at radius 1 is 1.21 bits per heavy atom. The molecule has 1 saturated carbocycles. The Hall–Kier alpha value is -1.71. The lowest BCUT2D eigenvalue weighted by atomic mass is 10.1. The second-order valence-electron chi connectivity index (χ2n) is 5.16. The van der Waals surface area contributed by atoms with E-state index in [0.717, 1.165) is 12.8 Å². The molecule has 1 amide bonds. The van der Waals surface area contributed by atoms with Crippen molar-refractivity contribution in [3.8, 4) is 5.75 Å². The molecule has 0 radical (unpaired) electrons. The second kappa shape index (κ2) is 6.45. The summed E-state index contributed by atoms with van der Waals surface area (Å²) in [6.45, 7) is 0. The number of ether oxygens (including phenoxy) is 1. The highest BCUT2D eigenvalue weighted by Crippen LogP contribution is 2.20. The molecule has 19 heavy (non-hydrogen) atoms. The summed E-state index contributed by atoms with van der Waals surface area (Å²) in [4.78, 5) is 12.2. The molecule has 1 aliphatic carbocycles. The molecule has 104 valence electrons. The van der Waals surface area contributed by atoms with Crippen LogP contribution in [-0.2, 0) is 0 Å². The number of carbonyl (C=O) groups is 1. The first kappa shape index (κ1) is 13.7. The Balaban J connectivity index is 2.04. The molecule has 0 heterocycles. The summed E-state index contributed by atoms with van der Waals surface area (Å²) >= 11 is 0. The van der Waals surface area contributed by atoms with Crippen LogP contribution >= 0.6 is 0 Å². The van der Waals surface area contributed by atoms with Crippen molar-refractivity contribution in [2.75, 3.05) is 12.8 Å². The molecule has 0 aliphatic heterocycles. The minimum absolute atomic E-state index is 0.0579. The van der Waals surface area contributed by atoms with Crippen molar-refractivity contribution >= 4 is 11.6 Å². The zero-order valence-electron chi connectivity index (χ0n) is 11.4. The van der Waals surface area contributed by atoms with E-state index in [0.29, 0.717) is 23.0 Å². The predicted molar refractivity (Wildman–Crippen MR) is 76.4 cm³/mol. The first-order valence-electron chi connectivity index (χ1n) is 6.94. The van der Waals surface area contributed by atoms with Gasteiger partial charge in [0.2, 0.25) is 0 Å². The van der Waals surface area contributed by atoms with Gasteiger partial charge >= 0.3 is 0 Å². The molecule has 3 N–H and O–H groups in total. The Bertz CT molecular complexity index is 438. The molecule has 0 saturated heterocycles. The number of rotatable bonds is 3. The quantitative estimate of drug-likeness (QED) is 0.650. The fourth-order valence-corrected chi connectivity index (χ4v) is 2.56. The highest BCUT2D eigenvalue weighted by Gasteiger charge is 2.16. The number of carbonyl (C=O) groups excluding carboxylic acids is 1. The summed E-state index contributed by atoms with van der Waals surface area (Å²) in [5.41, 5.74) is 6.89. The van der Waals surface area contributed by atoms with Gasteiger partial charge < -0.3 is 15.8 Å². The predicted octanol–water partition coefficient (Wildman–Crippen LogP) is 2.73. The third-order valence-corrected chi connectivity index (χ3v) is 3.62. The number of nitrogens with one attached hydrogen (secondary N) is 1. The summed E-state index contributed by atoms with van der Waals surface area (Å²) < 4.78 is 5.14. The zero-order chi connectivity index (χ0) is 13.7. The largest absolute Gasteiger partial charge is 0.497 e. The smallest absolute Gasteiger partial charge is 0.251 e. The number of anilines is 1. The number of hydrogen-bond acceptors (Lipinski definition) is 3. The lowest BCUT2D eigenvalue weighted by Crippen LogP contribution is -2.34. The van der Waals surface area contributed by atoms with Gasteiger partial charge in [0.05, 0.1) is 7.11 Å². The van der Waals surface area contributed by atoms with Gasteiger partial charge in [0.15, 0.2) is 0 Å². The number of benzene rings is 1. The molecular formula is C15H22N2O2. The average molecular weight is 262 g/mol. The van der Waals surface area contributed by atoms with Gasteiger partial charge in [-0.1, -0.05) is 25.7 Å². The van der Waals surface area contributed by atoms with E-state index >= 15 is 0 Å². The highest BCUT2D eigenvalue weighted by molar-refractivity contribution is 5.95. The number of nitrogen functional groups attached to an aromatic ring is 1. The summed E-state index contributed by atoms with van der Waals surface area (Å²) in [5, 5.41) is 3.10. The van der Waals surface area contributed by atoms with Crippen LogP contribution in [0.1, 0.15) is 48.9 Å². The maximum absolute atomic E-state index is 12.2. The Morgan fingerprint density at radius 2 is 1.89 bits per heavy atom. The monoisotopic (exact) mass is 262 g/mol. The first-order chi connectivity index (χ1) is 9.19. The van der Waals surface area contributed by atoms with Gasteiger partial charge in [-0.3, -0.25) is 4.79 Å². The van der Waals surface area contributed by atoms with Crippen LogP contribution in [0.25, 0.3) is 0 Å². The van der Waals surface area contributed by atoms with Crippen molar-refractivity contribution in [2.45, 2.75) is 44.6 Å². The number of nitrogens with two attached hydrogens (primary N) is 1. The molecule has 0 atom stereocenters. The maximum Gasteiger partial charge on any atom is 0.251 e. The summed E-state index contributed by atoms with van der Waals surface area (Å²) in [5.74, 6) is 0.559. The van der Waals surface area contributed by atoms with Crippen LogP contribution in [0.5, 0.6) is 5.75 Å². The van der Waals surface area contributed by atoms with E-state index in [9.17, 15) is 4.79 Å². The Morgan fingerprint density at radius 3 is 2.53 bits per heavy atom. The Labute approximate surface area is 114 Å². The van der Waals surface area contributed by atoms with Crippen LogP contribution in [-0.4, -0.2) is 19.1 Å². The van der Waals surface area contributed by atoms with Crippen LogP contribution in [0, 0.1) is 0 Å². The second-order valence-corrected chi connectivity index (χ2v) is 5.16. The summed E-state index contributed by atoms with van der Waals surface area (Å²) in [6.07, 6.45) is 7.10. The fourth-order valence-electron chi connectivity index (χ4n) is 2.56. The van der Waals surface area contributed by atoms with Gasteiger partial charge in [-0.2, -0.15) is 0 Å². The molecule has 1 fully saturated rings. The molecule has 0 spiro atoms. The first-order valence-corrected chi connectivity index (χ1v) is 6.94. The van der Waals surface area contributed by atoms with Crippen LogP contribution in [0.3, 0.4) is 0 Å². The van der Waals surface area contributed by atoms with E-state index in [2.05, 4.69) is 5.32 Å². The lowest BCUT2D eigenvalue weighted by molar-refractivity contribution is 0.0933. The van der Waals surface area contributed by atoms with Gasteiger partial charge in [-0.05, 0) is 25.0 Å². The van der Waals surface area contributed by atoms with Crippen molar-refractivity contribution in [2.24, 2.45) is 0 Å². The molecule has 1 aromatic carbocycles. The van der Waals surface area contributed by atoms with Crippen molar-refractivity contribution < 1.29 is 9.53 Å². The van der Waals surface area contributed by atoms with Crippen LogP contribution in [0.2, 0.25) is 0 Å². The van der Waals surface area contributed by atoms with Crippen LogP contribution < -0.4 is 15.8 Å². The summed E-state index contributed by atoms with van der Waals surface area (Å²) in [6, 6.07) is 5.42. The Kier molecular flexibility index (Phi) is 4.66. The molecule has 1 aliphatic rings. The van der Waals surface area contributed by atoms with Gasteiger partial charge in [0, 0.05) is 23.4 Å². The molecule has 1 aromatic rings. The van der Waals surface area contributed by atoms with Gasteiger partial charge in [-0.15, -0.1) is 0 Å². The molecule has 0 unspecified atom stereocenters. The van der Waals surface area contributed by atoms with Crippen molar-refractivity contribution in [1.82, 2.24) is 5.32 Å². The third kappa shape index (κ3) is 3.88. The van der Waals surface area contributed by atoms with Crippen molar-refractivity contribution in [3.05, 3.63) is 23.8 Å². The molecule has 4 heteroatoms. The van der Waals surface area contributed by atoms with Crippen LogP contribution in [0.4, 0.5) is 5.69 Å². The number of hydrogen-bond donors (Lipinski definition) is 2. The van der Waals surface area contributed by atoms with Gasteiger partial charge in [0.1, 0.15) is 5.75 Å². The molecule has 2 rings (SSSR count). The minimum atomic E-state index is -0.0579. The normalized spacial score (nSPS) is 16.7. The van der Waals surface area contributed by atoms with E-state index in [4.69, 9.17) is 10.5 Å². The van der Waals surface area contributed by atoms with Crippen molar-refractivity contribution in [1.29, 1.82) is 0 Å². The number of methoxy groups -OCH3 is 1. The topological polar surface area (TPSA) is 64.3 Å². The maximum atomic E-state index is 12.2. The minimum Gasteiger partial charge on any atom is -0.497 e. The molecule has 0 aromatic heterocycles. The van der Waals surface area contributed by atoms with E-state index in [1.54, 1.807) is 25.3 Å². The fraction of sp³-hybridized carbons (Fsp3) is 0.533.